The zero-order valence-electron chi connectivity index (χ0n) is 11.6. The maximum Gasteiger partial charge on any atom is 0.315 e. The van der Waals surface area contributed by atoms with Gasteiger partial charge in [0.1, 0.15) is 5.41 Å². The Labute approximate surface area is 121 Å². The van der Waals surface area contributed by atoms with E-state index in [1.807, 2.05) is 19.1 Å². The van der Waals surface area contributed by atoms with Gasteiger partial charge in [-0.05, 0) is 38.5 Å². The van der Waals surface area contributed by atoms with Crippen LogP contribution in [0.2, 0.25) is 0 Å². The van der Waals surface area contributed by atoms with Crippen molar-refractivity contribution in [2.45, 2.75) is 32.2 Å². The van der Waals surface area contributed by atoms with Crippen LogP contribution in [0.4, 0.5) is 5.13 Å². The van der Waals surface area contributed by atoms with Gasteiger partial charge < -0.3 is 10.4 Å². The van der Waals surface area contributed by atoms with Gasteiger partial charge >= 0.3 is 5.97 Å². The van der Waals surface area contributed by atoms with Crippen LogP contribution < -0.4 is 5.32 Å². The zero-order chi connectivity index (χ0) is 14.8. The number of thiazole rings is 1. The number of nitrogens with one attached hydrogen (secondary N) is 1. The molecule has 1 unspecified atom stereocenters. The van der Waals surface area contributed by atoms with Crippen LogP contribution in [0.15, 0.2) is 29.9 Å². The van der Waals surface area contributed by atoms with Crippen LogP contribution in [0, 0.1) is 0 Å². The minimum absolute atomic E-state index is 0.0879. The molecule has 6 heteroatoms. The molecule has 0 bridgehead atoms. The Morgan fingerprint density at radius 2 is 2.05 bits per heavy atom. The largest absolute Gasteiger partial charge is 0.481 e. The van der Waals surface area contributed by atoms with Crippen molar-refractivity contribution in [3.8, 4) is 0 Å². The first-order chi connectivity index (χ1) is 9.41. The Bertz CT molecular complexity index is 595. The fourth-order valence-corrected chi connectivity index (χ4v) is 2.62. The molecular weight excluding hydrogens is 274 g/mol. The molecule has 0 radical (unpaired) electrons. The van der Waals surface area contributed by atoms with E-state index in [4.69, 9.17) is 0 Å². The molecule has 2 N–H and O–H groups in total. The highest BCUT2D eigenvalue weighted by Crippen LogP contribution is 2.29. The second kappa shape index (κ2) is 5.58. The van der Waals surface area contributed by atoms with Crippen LogP contribution in [0.3, 0.4) is 0 Å². The lowest BCUT2D eigenvalue weighted by Crippen LogP contribution is -2.28. The molecule has 0 saturated heterocycles. The van der Waals surface area contributed by atoms with Crippen molar-refractivity contribution < 1.29 is 9.90 Å². The SMILES string of the molecule is CC(Nc1nc(C(C)(C)C(=O)O)cs1)c1ccncc1. The van der Waals surface area contributed by atoms with Gasteiger partial charge in [0, 0.05) is 17.8 Å². The molecule has 0 aromatic carbocycles. The van der Waals surface area contributed by atoms with Crippen molar-refractivity contribution in [3.63, 3.8) is 0 Å². The zero-order valence-corrected chi connectivity index (χ0v) is 12.4. The van der Waals surface area contributed by atoms with E-state index in [1.54, 1.807) is 31.6 Å². The Hall–Kier alpha value is -1.95. The Balaban J connectivity index is 2.13. The number of rotatable bonds is 5. The van der Waals surface area contributed by atoms with Crippen molar-refractivity contribution in [1.29, 1.82) is 0 Å². The molecule has 2 aromatic heterocycles. The molecule has 106 valence electrons. The maximum atomic E-state index is 11.2. The summed E-state index contributed by atoms with van der Waals surface area (Å²) in [6.45, 7) is 5.33. The first-order valence-corrected chi connectivity index (χ1v) is 7.15. The van der Waals surface area contributed by atoms with Gasteiger partial charge in [-0.3, -0.25) is 9.78 Å². The summed E-state index contributed by atoms with van der Waals surface area (Å²) in [5.41, 5.74) is 0.699. The molecule has 0 amide bonds. The number of aliphatic carboxylic acids is 1. The summed E-state index contributed by atoms with van der Waals surface area (Å²) in [7, 11) is 0. The smallest absolute Gasteiger partial charge is 0.315 e. The van der Waals surface area contributed by atoms with Gasteiger partial charge in [-0.15, -0.1) is 11.3 Å². The first kappa shape index (κ1) is 14.5. The highest BCUT2D eigenvalue weighted by atomic mass is 32.1. The van der Waals surface area contributed by atoms with Gasteiger partial charge in [-0.1, -0.05) is 0 Å². The predicted molar refractivity (Wildman–Crippen MR) is 79.1 cm³/mol. The van der Waals surface area contributed by atoms with E-state index in [0.717, 1.165) is 10.7 Å². The fraction of sp³-hybridized carbons (Fsp3) is 0.357. The van der Waals surface area contributed by atoms with Crippen molar-refractivity contribution in [2.24, 2.45) is 0 Å². The molecular formula is C14H17N3O2S. The average Bonchev–Trinajstić information content (AvgIpc) is 2.88. The standard InChI is InChI=1S/C14H17N3O2S/c1-9(10-4-6-15-7-5-10)16-13-17-11(8-20-13)14(2,3)12(18)19/h4-9H,1-3H3,(H,16,17)(H,18,19). The van der Waals surface area contributed by atoms with Crippen LogP contribution in [-0.4, -0.2) is 21.0 Å². The Morgan fingerprint density at radius 1 is 1.40 bits per heavy atom. The third kappa shape index (κ3) is 2.96. The van der Waals surface area contributed by atoms with E-state index in [2.05, 4.69) is 15.3 Å². The Morgan fingerprint density at radius 3 is 2.65 bits per heavy atom. The molecule has 2 aromatic rings. The average molecular weight is 291 g/mol. The van der Waals surface area contributed by atoms with Crippen LogP contribution in [0.1, 0.15) is 38.1 Å². The number of pyridine rings is 1. The van der Waals surface area contributed by atoms with Crippen molar-refractivity contribution >= 4 is 22.4 Å². The van der Waals surface area contributed by atoms with E-state index in [1.165, 1.54) is 11.3 Å². The molecule has 0 aliphatic carbocycles. The minimum Gasteiger partial charge on any atom is -0.481 e. The van der Waals surface area contributed by atoms with E-state index < -0.39 is 11.4 Å². The summed E-state index contributed by atoms with van der Waals surface area (Å²) >= 11 is 1.42. The highest BCUT2D eigenvalue weighted by Gasteiger charge is 2.32. The molecule has 2 heterocycles. The van der Waals surface area contributed by atoms with Crippen LogP contribution in [0.5, 0.6) is 0 Å². The molecule has 0 spiro atoms. The summed E-state index contributed by atoms with van der Waals surface area (Å²) in [6.07, 6.45) is 3.49. The van der Waals surface area contributed by atoms with E-state index in [9.17, 15) is 9.90 Å². The Kier molecular flexibility index (Phi) is 4.04. The lowest BCUT2D eigenvalue weighted by molar-refractivity contribution is -0.142. The third-order valence-corrected chi connectivity index (χ3v) is 4.00. The monoisotopic (exact) mass is 291 g/mol. The summed E-state index contributed by atoms with van der Waals surface area (Å²) in [5, 5.41) is 15.0. The van der Waals surface area contributed by atoms with E-state index in [0.29, 0.717) is 5.69 Å². The van der Waals surface area contributed by atoms with Crippen molar-refractivity contribution in [3.05, 3.63) is 41.2 Å². The summed E-state index contributed by atoms with van der Waals surface area (Å²) in [5.74, 6) is -0.878. The molecule has 0 aliphatic heterocycles. The fourth-order valence-electron chi connectivity index (χ4n) is 1.66. The third-order valence-electron chi connectivity index (χ3n) is 3.23. The molecule has 0 fully saturated rings. The summed E-state index contributed by atoms with van der Waals surface area (Å²) in [4.78, 5) is 19.6. The number of nitrogens with zero attached hydrogens (tertiary/aromatic N) is 2. The number of carboxylic acids is 1. The van der Waals surface area contributed by atoms with E-state index in [-0.39, 0.29) is 6.04 Å². The summed E-state index contributed by atoms with van der Waals surface area (Å²) in [6, 6.07) is 3.96. The van der Waals surface area contributed by atoms with Crippen LogP contribution >= 0.6 is 11.3 Å². The van der Waals surface area contributed by atoms with Crippen molar-refractivity contribution in [2.75, 3.05) is 5.32 Å². The van der Waals surface area contributed by atoms with E-state index >= 15 is 0 Å². The number of carboxylic acid groups (broad SMARTS) is 1. The molecule has 1 atom stereocenters. The lowest BCUT2D eigenvalue weighted by Gasteiger charge is -2.16. The highest BCUT2D eigenvalue weighted by molar-refractivity contribution is 7.13. The molecule has 0 saturated carbocycles. The first-order valence-electron chi connectivity index (χ1n) is 6.27. The second-order valence-electron chi connectivity index (χ2n) is 5.11. The topological polar surface area (TPSA) is 75.1 Å². The number of hydrogen-bond acceptors (Lipinski definition) is 5. The van der Waals surface area contributed by atoms with Gasteiger partial charge in [0.25, 0.3) is 0 Å². The van der Waals surface area contributed by atoms with Gasteiger partial charge in [0.05, 0.1) is 11.7 Å². The van der Waals surface area contributed by atoms with Crippen LogP contribution in [-0.2, 0) is 10.2 Å². The maximum absolute atomic E-state index is 11.2. The predicted octanol–water partition coefficient (Wildman–Crippen LogP) is 3.07. The lowest BCUT2D eigenvalue weighted by atomic mass is 9.90. The van der Waals surface area contributed by atoms with Gasteiger partial charge in [0.2, 0.25) is 0 Å². The van der Waals surface area contributed by atoms with Crippen molar-refractivity contribution in [1.82, 2.24) is 9.97 Å². The number of anilines is 1. The molecule has 20 heavy (non-hydrogen) atoms. The molecule has 2 rings (SSSR count). The van der Waals surface area contributed by atoms with Gasteiger partial charge in [-0.2, -0.15) is 0 Å². The van der Waals surface area contributed by atoms with Gasteiger partial charge in [-0.25, -0.2) is 4.98 Å². The minimum atomic E-state index is -0.976. The summed E-state index contributed by atoms with van der Waals surface area (Å²) < 4.78 is 0. The quantitative estimate of drug-likeness (QED) is 0.885. The number of hydrogen-bond donors (Lipinski definition) is 2. The van der Waals surface area contributed by atoms with Gasteiger partial charge in [0.15, 0.2) is 5.13 Å². The number of aromatic nitrogens is 2. The van der Waals surface area contributed by atoms with Crippen LogP contribution in [0.25, 0.3) is 0 Å². The number of carbonyl (C=O) groups is 1. The normalized spacial score (nSPS) is 12.9. The molecule has 5 nitrogen and oxygen atoms in total. The second-order valence-corrected chi connectivity index (χ2v) is 5.97. The molecule has 0 aliphatic rings.